The number of hydrogen-bond acceptors (Lipinski definition) is 5. The van der Waals surface area contributed by atoms with Gasteiger partial charge in [-0.1, -0.05) is 11.6 Å². The molecule has 1 rings (SSSR count). The molecule has 0 spiro atoms. The third-order valence-electron chi connectivity index (χ3n) is 1.99. The Kier molecular flexibility index (Phi) is 5.24. The Labute approximate surface area is 98.2 Å². The molecule has 0 aromatic carbocycles. The van der Waals surface area contributed by atoms with Crippen LogP contribution in [0.15, 0.2) is 11.0 Å². The number of nitrogens with zero attached hydrogens (tertiary/aromatic N) is 2. The van der Waals surface area contributed by atoms with Crippen molar-refractivity contribution < 1.29 is 5.11 Å². The number of aromatic nitrogens is 2. The molecule has 0 atom stereocenters. The molecule has 0 radical (unpaired) electrons. The highest BCUT2D eigenvalue weighted by molar-refractivity contribution is 6.32. The zero-order chi connectivity index (χ0) is 12.0. The average molecular weight is 247 g/mol. The monoisotopic (exact) mass is 246 g/mol. The Bertz CT molecular complexity index is 394. The summed E-state index contributed by atoms with van der Waals surface area (Å²) in [6.07, 6.45) is 1.48. The zero-order valence-corrected chi connectivity index (χ0v) is 9.79. The molecule has 0 saturated carbocycles. The molecular formula is C9H15ClN4O2. The number of aliphatic hydroxyl groups is 1. The maximum atomic E-state index is 11.6. The Morgan fingerprint density at radius 2 is 2.31 bits per heavy atom. The van der Waals surface area contributed by atoms with E-state index in [9.17, 15) is 4.79 Å². The van der Waals surface area contributed by atoms with E-state index >= 15 is 0 Å². The van der Waals surface area contributed by atoms with Gasteiger partial charge >= 0.3 is 0 Å². The van der Waals surface area contributed by atoms with Crippen LogP contribution in [0.5, 0.6) is 0 Å². The standard InChI is InChI=1S/C9H15ClN4O2/c1-11-2-3-12-7-6-13-14(4-5-15)9(16)8(7)10/h6,11-12,15H,2-5H2,1H3. The lowest BCUT2D eigenvalue weighted by Gasteiger charge is -2.09. The van der Waals surface area contributed by atoms with E-state index < -0.39 is 5.56 Å². The lowest BCUT2D eigenvalue weighted by atomic mass is 10.4. The largest absolute Gasteiger partial charge is 0.394 e. The molecule has 1 aromatic heterocycles. The molecule has 0 aliphatic rings. The Hall–Kier alpha value is -1.11. The molecule has 0 aliphatic heterocycles. The molecule has 1 aromatic rings. The predicted molar refractivity (Wildman–Crippen MR) is 63.0 cm³/mol. The first-order valence-corrected chi connectivity index (χ1v) is 5.33. The molecule has 6 nitrogen and oxygen atoms in total. The van der Waals surface area contributed by atoms with Crippen LogP contribution < -0.4 is 16.2 Å². The highest BCUT2D eigenvalue weighted by Crippen LogP contribution is 2.14. The van der Waals surface area contributed by atoms with Crippen LogP contribution in [0, 0.1) is 0 Å². The number of halogens is 1. The van der Waals surface area contributed by atoms with Gasteiger partial charge in [-0.2, -0.15) is 5.10 Å². The van der Waals surface area contributed by atoms with Crippen molar-refractivity contribution in [2.24, 2.45) is 0 Å². The van der Waals surface area contributed by atoms with Crippen molar-refractivity contribution in [3.63, 3.8) is 0 Å². The molecule has 0 aliphatic carbocycles. The molecule has 0 bridgehead atoms. The number of rotatable bonds is 6. The fraction of sp³-hybridized carbons (Fsp3) is 0.556. The summed E-state index contributed by atoms with van der Waals surface area (Å²) in [4.78, 5) is 11.6. The third kappa shape index (κ3) is 3.19. The van der Waals surface area contributed by atoms with Crippen molar-refractivity contribution in [2.45, 2.75) is 6.54 Å². The Balaban J connectivity index is 2.81. The van der Waals surface area contributed by atoms with Crippen molar-refractivity contribution in [3.8, 4) is 0 Å². The van der Waals surface area contributed by atoms with Gasteiger partial charge in [-0.15, -0.1) is 0 Å². The minimum atomic E-state index is -0.398. The van der Waals surface area contributed by atoms with Gasteiger partial charge in [0.2, 0.25) is 0 Å². The summed E-state index contributed by atoms with van der Waals surface area (Å²) in [7, 11) is 1.83. The van der Waals surface area contributed by atoms with Crippen molar-refractivity contribution >= 4 is 17.3 Å². The van der Waals surface area contributed by atoms with E-state index in [0.717, 1.165) is 11.2 Å². The minimum Gasteiger partial charge on any atom is -0.394 e. The van der Waals surface area contributed by atoms with Crippen LogP contribution in [-0.2, 0) is 6.54 Å². The van der Waals surface area contributed by atoms with Crippen molar-refractivity contribution in [1.82, 2.24) is 15.1 Å². The van der Waals surface area contributed by atoms with E-state index in [1.54, 1.807) is 0 Å². The van der Waals surface area contributed by atoms with Crippen molar-refractivity contribution in [2.75, 3.05) is 32.1 Å². The van der Waals surface area contributed by atoms with Crippen molar-refractivity contribution in [3.05, 3.63) is 21.6 Å². The number of anilines is 1. The molecule has 3 N–H and O–H groups in total. The zero-order valence-electron chi connectivity index (χ0n) is 9.03. The molecule has 0 amide bonds. The van der Waals surface area contributed by atoms with Gasteiger partial charge in [0.25, 0.3) is 5.56 Å². The van der Waals surface area contributed by atoms with Crippen LogP contribution in [0.2, 0.25) is 5.02 Å². The summed E-state index contributed by atoms with van der Waals surface area (Å²) < 4.78 is 1.13. The number of likely N-dealkylation sites (N-methyl/N-ethyl adjacent to an activating group) is 1. The number of hydrogen-bond donors (Lipinski definition) is 3. The lowest BCUT2D eigenvalue weighted by Crippen LogP contribution is -2.26. The summed E-state index contributed by atoms with van der Waals surface area (Å²) in [5.74, 6) is 0. The maximum Gasteiger partial charge on any atom is 0.287 e. The Morgan fingerprint density at radius 1 is 1.56 bits per heavy atom. The van der Waals surface area contributed by atoms with Gasteiger partial charge in [0.05, 0.1) is 25.0 Å². The molecular weight excluding hydrogens is 232 g/mol. The van der Waals surface area contributed by atoms with Crippen LogP contribution in [0.25, 0.3) is 0 Å². The second-order valence-electron chi connectivity index (χ2n) is 3.15. The molecule has 0 saturated heterocycles. The predicted octanol–water partition coefficient (Wildman–Crippen LogP) is -0.480. The number of nitrogens with one attached hydrogen (secondary N) is 2. The quantitative estimate of drug-likeness (QED) is 0.591. The molecule has 7 heteroatoms. The van der Waals surface area contributed by atoms with E-state index in [-0.39, 0.29) is 18.2 Å². The SMILES string of the molecule is CNCCNc1cnn(CCO)c(=O)c1Cl. The molecule has 0 unspecified atom stereocenters. The van der Waals surface area contributed by atoms with Gasteiger partial charge in [0.1, 0.15) is 5.02 Å². The average Bonchev–Trinajstić information content (AvgIpc) is 2.28. The first-order valence-electron chi connectivity index (χ1n) is 4.95. The van der Waals surface area contributed by atoms with Crippen LogP contribution >= 0.6 is 11.6 Å². The molecule has 1 heterocycles. The van der Waals surface area contributed by atoms with Gasteiger partial charge in [0.15, 0.2) is 0 Å². The summed E-state index contributed by atoms with van der Waals surface area (Å²) in [6.45, 7) is 1.42. The summed E-state index contributed by atoms with van der Waals surface area (Å²) in [5.41, 5.74) is 0.112. The smallest absolute Gasteiger partial charge is 0.287 e. The minimum absolute atomic E-state index is 0.0968. The van der Waals surface area contributed by atoms with E-state index in [1.165, 1.54) is 6.20 Å². The van der Waals surface area contributed by atoms with Gasteiger partial charge in [-0.25, -0.2) is 4.68 Å². The Morgan fingerprint density at radius 3 is 2.94 bits per heavy atom. The normalized spacial score (nSPS) is 10.4. The van der Waals surface area contributed by atoms with E-state index in [1.807, 2.05) is 7.05 Å². The van der Waals surface area contributed by atoms with Gasteiger partial charge in [-0.05, 0) is 7.05 Å². The molecule has 0 fully saturated rings. The highest BCUT2D eigenvalue weighted by Gasteiger charge is 2.07. The fourth-order valence-electron chi connectivity index (χ4n) is 1.16. The second kappa shape index (κ2) is 6.47. The third-order valence-corrected chi connectivity index (χ3v) is 2.35. The van der Waals surface area contributed by atoms with Crippen LogP contribution in [0.1, 0.15) is 0 Å². The first-order chi connectivity index (χ1) is 7.70. The summed E-state index contributed by atoms with van der Waals surface area (Å²) in [5, 5.41) is 18.6. The van der Waals surface area contributed by atoms with E-state index in [0.29, 0.717) is 12.2 Å². The van der Waals surface area contributed by atoms with Crippen LogP contribution in [0.3, 0.4) is 0 Å². The van der Waals surface area contributed by atoms with Crippen LogP contribution in [0.4, 0.5) is 5.69 Å². The molecule has 16 heavy (non-hydrogen) atoms. The topological polar surface area (TPSA) is 79.2 Å². The van der Waals surface area contributed by atoms with E-state index in [4.69, 9.17) is 16.7 Å². The second-order valence-corrected chi connectivity index (χ2v) is 3.53. The van der Waals surface area contributed by atoms with E-state index in [2.05, 4.69) is 15.7 Å². The number of aliphatic hydroxyl groups excluding tert-OH is 1. The summed E-state index contributed by atoms with van der Waals surface area (Å²) in [6, 6.07) is 0. The maximum absolute atomic E-state index is 11.6. The summed E-state index contributed by atoms with van der Waals surface area (Å²) >= 11 is 5.88. The van der Waals surface area contributed by atoms with Crippen molar-refractivity contribution in [1.29, 1.82) is 0 Å². The van der Waals surface area contributed by atoms with Gasteiger partial charge < -0.3 is 15.7 Å². The molecule has 90 valence electrons. The highest BCUT2D eigenvalue weighted by atomic mass is 35.5. The van der Waals surface area contributed by atoms with Gasteiger partial charge in [-0.3, -0.25) is 4.79 Å². The van der Waals surface area contributed by atoms with Crippen LogP contribution in [-0.4, -0.2) is 41.6 Å². The first kappa shape index (κ1) is 13.0. The fourth-order valence-corrected chi connectivity index (χ4v) is 1.38. The lowest BCUT2D eigenvalue weighted by molar-refractivity contribution is 0.266. The van der Waals surface area contributed by atoms with Gasteiger partial charge in [0, 0.05) is 13.1 Å².